The van der Waals surface area contributed by atoms with E-state index in [4.69, 9.17) is 5.26 Å². The van der Waals surface area contributed by atoms with Gasteiger partial charge in [-0.1, -0.05) is 26.3 Å². The summed E-state index contributed by atoms with van der Waals surface area (Å²) in [7, 11) is 0. The van der Waals surface area contributed by atoms with Crippen LogP contribution in [0.1, 0.15) is 36.2 Å². The minimum Gasteiger partial charge on any atom is -0.298 e. The number of hydrogen-bond acceptors (Lipinski definition) is 3. The van der Waals surface area contributed by atoms with Gasteiger partial charge in [0, 0.05) is 16.2 Å². The zero-order valence-electron chi connectivity index (χ0n) is 9.56. The van der Waals surface area contributed by atoms with Gasteiger partial charge in [-0.15, -0.1) is 11.8 Å². The van der Waals surface area contributed by atoms with Gasteiger partial charge in [0.25, 0.3) is 0 Å². The van der Waals surface area contributed by atoms with Gasteiger partial charge in [-0.25, -0.2) is 0 Å². The SMILES string of the molecule is CCC(C)CSc1ccc(C=O)cc1C#N. The number of thioether (sulfide) groups is 1. The Morgan fingerprint density at radius 3 is 2.88 bits per heavy atom. The highest BCUT2D eigenvalue weighted by molar-refractivity contribution is 7.99. The maximum Gasteiger partial charge on any atom is 0.150 e. The van der Waals surface area contributed by atoms with Crippen molar-refractivity contribution in [3.05, 3.63) is 29.3 Å². The minimum absolute atomic E-state index is 0.560. The van der Waals surface area contributed by atoms with Crippen LogP contribution in [0.3, 0.4) is 0 Å². The zero-order chi connectivity index (χ0) is 12.0. The third-order valence-corrected chi connectivity index (χ3v) is 3.88. The van der Waals surface area contributed by atoms with E-state index in [1.807, 2.05) is 6.07 Å². The minimum atomic E-state index is 0.560. The van der Waals surface area contributed by atoms with Gasteiger partial charge < -0.3 is 0 Å². The molecule has 0 amide bonds. The molecule has 3 heteroatoms. The molecule has 0 saturated heterocycles. The average molecular weight is 233 g/mol. The van der Waals surface area contributed by atoms with Gasteiger partial charge in [0.05, 0.1) is 5.56 Å². The van der Waals surface area contributed by atoms with E-state index in [1.54, 1.807) is 23.9 Å². The molecular formula is C13H15NOS. The number of nitrogens with zero attached hydrogens (tertiary/aromatic N) is 1. The van der Waals surface area contributed by atoms with Crippen LogP contribution >= 0.6 is 11.8 Å². The van der Waals surface area contributed by atoms with E-state index in [-0.39, 0.29) is 0 Å². The molecule has 0 bridgehead atoms. The summed E-state index contributed by atoms with van der Waals surface area (Å²) in [6.07, 6.45) is 1.91. The Bertz CT molecular complexity index is 409. The highest BCUT2D eigenvalue weighted by atomic mass is 32.2. The molecule has 1 rings (SSSR count). The fraction of sp³-hybridized carbons (Fsp3) is 0.385. The number of rotatable bonds is 5. The van der Waals surface area contributed by atoms with Crippen molar-refractivity contribution >= 4 is 18.0 Å². The zero-order valence-corrected chi connectivity index (χ0v) is 10.4. The van der Waals surface area contributed by atoms with Crippen molar-refractivity contribution in [3.8, 4) is 6.07 Å². The van der Waals surface area contributed by atoms with Crippen molar-refractivity contribution in [3.63, 3.8) is 0 Å². The molecule has 16 heavy (non-hydrogen) atoms. The van der Waals surface area contributed by atoms with E-state index in [0.717, 1.165) is 23.4 Å². The molecule has 0 aliphatic heterocycles. The number of hydrogen-bond donors (Lipinski definition) is 0. The molecule has 0 N–H and O–H groups in total. The van der Waals surface area contributed by atoms with Gasteiger partial charge in [-0.3, -0.25) is 4.79 Å². The van der Waals surface area contributed by atoms with Crippen molar-refractivity contribution < 1.29 is 4.79 Å². The lowest BCUT2D eigenvalue weighted by Crippen LogP contribution is -1.96. The number of nitriles is 1. The van der Waals surface area contributed by atoms with Crippen molar-refractivity contribution in [2.45, 2.75) is 25.2 Å². The Balaban J connectivity index is 2.80. The van der Waals surface area contributed by atoms with Crippen molar-refractivity contribution in [2.24, 2.45) is 5.92 Å². The first-order valence-corrected chi connectivity index (χ1v) is 6.32. The van der Waals surface area contributed by atoms with E-state index in [1.165, 1.54) is 0 Å². The summed E-state index contributed by atoms with van der Waals surface area (Å²) in [5.74, 6) is 1.65. The topological polar surface area (TPSA) is 40.9 Å². The van der Waals surface area contributed by atoms with Crippen LogP contribution in [0.5, 0.6) is 0 Å². The van der Waals surface area contributed by atoms with Crippen molar-refractivity contribution in [1.29, 1.82) is 5.26 Å². The lowest BCUT2D eigenvalue weighted by molar-refractivity contribution is 0.112. The molecule has 1 unspecified atom stereocenters. The summed E-state index contributed by atoms with van der Waals surface area (Å²) in [5, 5.41) is 8.98. The monoisotopic (exact) mass is 233 g/mol. The maximum atomic E-state index is 10.6. The third kappa shape index (κ3) is 3.39. The number of carbonyl (C=O) groups is 1. The van der Waals surface area contributed by atoms with Crippen molar-refractivity contribution in [2.75, 3.05) is 5.75 Å². The molecule has 2 nitrogen and oxygen atoms in total. The number of carbonyl (C=O) groups excluding carboxylic acids is 1. The van der Waals surface area contributed by atoms with Crippen LogP contribution in [0.25, 0.3) is 0 Å². The standard InChI is InChI=1S/C13H15NOS/c1-3-10(2)9-16-13-5-4-11(8-15)6-12(13)7-14/h4-6,8,10H,3,9H2,1-2H3. The molecule has 1 aromatic carbocycles. The van der Waals surface area contributed by atoms with E-state index in [0.29, 0.717) is 17.0 Å². The Kier molecular flexibility index (Phi) is 5.07. The second-order valence-corrected chi connectivity index (χ2v) is 4.87. The summed E-state index contributed by atoms with van der Waals surface area (Å²) in [4.78, 5) is 11.5. The average Bonchev–Trinajstić information content (AvgIpc) is 2.35. The molecular weight excluding hydrogens is 218 g/mol. The first-order valence-electron chi connectivity index (χ1n) is 5.33. The second-order valence-electron chi connectivity index (χ2n) is 3.81. The van der Waals surface area contributed by atoms with Crippen LogP contribution in [-0.4, -0.2) is 12.0 Å². The molecule has 0 radical (unpaired) electrons. The van der Waals surface area contributed by atoms with E-state index >= 15 is 0 Å². The molecule has 0 spiro atoms. The van der Waals surface area contributed by atoms with Crippen LogP contribution in [0.2, 0.25) is 0 Å². The molecule has 0 aliphatic rings. The molecule has 0 saturated carbocycles. The van der Waals surface area contributed by atoms with Crippen LogP contribution in [0, 0.1) is 17.2 Å². The maximum absolute atomic E-state index is 10.6. The quantitative estimate of drug-likeness (QED) is 0.577. The second kappa shape index (κ2) is 6.34. The summed E-state index contributed by atoms with van der Waals surface area (Å²) in [6.45, 7) is 4.35. The molecule has 0 fully saturated rings. The largest absolute Gasteiger partial charge is 0.298 e. The van der Waals surface area contributed by atoms with E-state index < -0.39 is 0 Å². The summed E-state index contributed by atoms with van der Waals surface area (Å²) < 4.78 is 0. The number of aldehydes is 1. The Hall–Kier alpha value is -1.27. The molecule has 1 aromatic rings. The molecule has 0 heterocycles. The van der Waals surface area contributed by atoms with Gasteiger partial charge >= 0.3 is 0 Å². The lowest BCUT2D eigenvalue weighted by atomic mass is 10.1. The lowest BCUT2D eigenvalue weighted by Gasteiger charge is -2.08. The van der Waals surface area contributed by atoms with Crippen LogP contribution in [0.4, 0.5) is 0 Å². The molecule has 84 valence electrons. The number of benzene rings is 1. The van der Waals surface area contributed by atoms with Crippen LogP contribution < -0.4 is 0 Å². The van der Waals surface area contributed by atoms with Gasteiger partial charge in [0.2, 0.25) is 0 Å². The third-order valence-electron chi connectivity index (χ3n) is 2.48. The Labute approximate surface area is 101 Å². The van der Waals surface area contributed by atoms with E-state index in [2.05, 4.69) is 19.9 Å². The summed E-state index contributed by atoms with van der Waals surface area (Å²) in [5.41, 5.74) is 1.15. The highest BCUT2D eigenvalue weighted by Crippen LogP contribution is 2.25. The van der Waals surface area contributed by atoms with Gasteiger partial charge in [0.1, 0.15) is 12.4 Å². The smallest absolute Gasteiger partial charge is 0.150 e. The van der Waals surface area contributed by atoms with Gasteiger partial charge in [-0.05, 0) is 18.1 Å². The Morgan fingerprint density at radius 1 is 1.56 bits per heavy atom. The highest BCUT2D eigenvalue weighted by Gasteiger charge is 2.06. The van der Waals surface area contributed by atoms with Crippen LogP contribution in [-0.2, 0) is 0 Å². The fourth-order valence-corrected chi connectivity index (χ4v) is 2.31. The summed E-state index contributed by atoms with van der Waals surface area (Å²) >= 11 is 1.69. The predicted octanol–water partition coefficient (Wildman–Crippen LogP) is 3.51. The first kappa shape index (κ1) is 12.8. The van der Waals surface area contributed by atoms with Gasteiger partial charge in [-0.2, -0.15) is 5.26 Å². The van der Waals surface area contributed by atoms with E-state index in [9.17, 15) is 4.79 Å². The van der Waals surface area contributed by atoms with Crippen molar-refractivity contribution in [1.82, 2.24) is 0 Å². The van der Waals surface area contributed by atoms with Gasteiger partial charge in [0.15, 0.2) is 0 Å². The summed E-state index contributed by atoms with van der Waals surface area (Å²) in [6, 6.07) is 7.39. The fourth-order valence-electron chi connectivity index (χ4n) is 1.18. The molecule has 0 aromatic heterocycles. The Morgan fingerprint density at radius 2 is 2.31 bits per heavy atom. The predicted molar refractivity (Wildman–Crippen MR) is 66.7 cm³/mol. The normalized spacial score (nSPS) is 11.8. The molecule has 1 atom stereocenters. The molecule has 0 aliphatic carbocycles. The first-order chi connectivity index (χ1) is 7.71. The van der Waals surface area contributed by atoms with Crippen LogP contribution in [0.15, 0.2) is 23.1 Å².